The molecular weight excluding hydrogens is 348 g/mol. The van der Waals surface area contributed by atoms with Crippen molar-refractivity contribution in [2.45, 2.75) is 0 Å². The molecule has 4 rings (SSSR count). The lowest BCUT2D eigenvalue weighted by atomic mass is 10.0. The zero-order chi connectivity index (χ0) is 14.4. The minimum atomic E-state index is 0.743. The molecule has 0 aliphatic carbocycles. The van der Waals surface area contributed by atoms with Gasteiger partial charge in [-0.25, -0.2) is 0 Å². The van der Waals surface area contributed by atoms with Gasteiger partial charge in [0.2, 0.25) is 0 Å². The van der Waals surface area contributed by atoms with Gasteiger partial charge in [0.25, 0.3) is 0 Å². The van der Waals surface area contributed by atoms with E-state index in [4.69, 9.17) is 16.0 Å². The van der Waals surface area contributed by atoms with Crippen LogP contribution in [0.3, 0.4) is 0 Å². The van der Waals surface area contributed by atoms with E-state index in [1.54, 1.807) is 0 Å². The molecule has 0 radical (unpaired) electrons. The Morgan fingerprint density at radius 1 is 0.810 bits per heavy atom. The van der Waals surface area contributed by atoms with Gasteiger partial charge in [-0.15, -0.1) is 0 Å². The average molecular weight is 358 g/mol. The van der Waals surface area contributed by atoms with E-state index < -0.39 is 0 Å². The number of halogens is 2. The minimum Gasteiger partial charge on any atom is -0.456 e. The predicted octanol–water partition coefficient (Wildman–Crippen LogP) is 6.67. The summed E-state index contributed by atoms with van der Waals surface area (Å²) in [6.45, 7) is 0. The zero-order valence-corrected chi connectivity index (χ0v) is 13.3. The summed E-state index contributed by atoms with van der Waals surface area (Å²) in [6, 6.07) is 20.1. The summed E-state index contributed by atoms with van der Waals surface area (Å²) in [6.07, 6.45) is 0. The van der Waals surface area contributed by atoms with Crippen molar-refractivity contribution in [3.8, 4) is 11.1 Å². The first kappa shape index (κ1) is 12.9. The van der Waals surface area contributed by atoms with Crippen LogP contribution in [0.5, 0.6) is 0 Å². The highest BCUT2D eigenvalue weighted by Gasteiger charge is 2.10. The summed E-state index contributed by atoms with van der Waals surface area (Å²) in [7, 11) is 0. The molecule has 0 N–H and O–H groups in total. The number of furan rings is 1. The summed E-state index contributed by atoms with van der Waals surface area (Å²) >= 11 is 9.54. The maximum absolute atomic E-state index is 5.96. The summed E-state index contributed by atoms with van der Waals surface area (Å²) in [4.78, 5) is 0. The highest BCUT2D eigenvalue weighted by Crippen LogP contribution is 2.36. The van der Waals surface area contributed by atoms with Crippen molar-refractivity contribution in [2.75, 3.05) is 0 Å². The van der Waals surface area contributed by atoms with Crippen molar-refractivity contribution in [3.05, 3.63) is 70.2 Å². The molecule has 0 saturated heterocycles. The third-order valence-corrected chi connectivity index (χ3v) is 4.54. The summed E-state index contributed by atoms with van der Waals surface area (Å²) in [5.41, 5.74) is 4.03. The Bertz CT molecular complexity index is 954. The van der Waals surface area contributed by atoms with Crippen LogP contribution >= 0.6 is 27.5 Å². The van der Waals surface area contributed by atoms with Gasteiger partial charge in [0.1, 0.15) is 11.2 Å². The highest BCUT2D eigenvalue weighted by molar-refractivity contribution is 9.10. The van der Waals surface area contributed by atoms with E-state index in [1.807, 2.05) is 42.5 Å². The molecular formula is C18H10BrClO. The van der Waals surface area contributed by atoms with Gasteiger partial charge in [0.05, 0.1) is 0 Å². The molecule has 1 heterocycles. The fraction of sp³-hybridized carbons (Fsp3) is 0. The van der Waals surface area contributed by atoms with Gasteiger partial charge in [-0.05, 0) is 47.5 Å². The molecule has 21 heavy (non-hydrogen) atoms. The molecule has 0 fully saturated rings. The third-order valence-electron chi connectivity index (χ3n) is 3.62. The lowest BCUT2D eigenvalue weighted by Crippen LogP contribution is -1.77. The Morgan fingerprint density at radius 3 is 2.38 bits per heavy atom. The molecule has 0 aliphatic rings. The SMILES string of the molecule is Clc1ccc(-c2ccc3c(c2)oc2cccc(Br)c23)cc1. The van der Waals surface area contributed by atoms with Crippen LogP contribution in [0.2, 0.25) is 5.02 Å². The topological polar surface area (TPSA) is 13.1 Å². The van der Waals surface area contributed by atoms with Crippen molar-refractivity contribution >= 4 is 49.5 Å². The van der Waals surface area contributed by atoms with Crippen molar-refractivity contribution in [1.82, 2.24) is 0 Å². The normalized spacial score (nSPS) is 11.3. The molecule has 3 aromatic carbocycles. The van der Waals surface area contributed by atoms with Crippen molar-refractivity contribution in [3.63, 3.8) is 0 Å². The van der Waals surface area contributed by atoms with Crippen LogP contribution in [-0.4, -0.2) is 0 Å². The maximum atomic E-state index is 5.96. The van der Waals surface area contributed by atoms with Crippen LogP contribution in [0.4, 0.5) is 0 Å². The first-order valence-corrected chi connectivity index (χ1v) is 7.76. The molecule has 102 valence electrons. The van der Waals surface area contributed by atoms with Crippen molar-refractivity contribution in [1.29, 1.82) is 0 Å². The fourth-order valence-corrected chi connectivity index (χ4v) is 3.29. The smallest absolute Gasteiger partial charge is 0.136 e. The van der Waals surface area contributed by atoms with Gasteiger partial charge in [-0.1, -0.05) is 51.8 Å². The van der Waals surface area contributed by atoms with Gasteiger partial charge in [0.15, 0.2) is 0 Å². The second kappa shape index (κ2) is 4.90. The Morgan fingerprint density at radius 2 is 1.57 bits per heavy atom. The molecule has 3 heteroatoms. The quantitative estimate of drug-likeness (QED) is 0.371. The van der Waals surface area contributed by atoms with Gasteiger partial charge in [-0.3, -0.25) is 0 Å². The van der Waals surface area contributed by atoms with E-state index >= 15 is 0 Å². The molecule has 1 nitrogen and oxygen atoms in total. The third kappa shape index (κ3) is 2.15. The average Bonchev–Trinajstić information content (AvgIpc) is 2.86. The largest absolute Gasteiger partial charge is 0.456 e. The highest BCUT2D eigenvalue weighted by atomic mass is 79.9. The second-order valence-electron chi connectivity index (χ2n) is 4.93. The maximum Gasteiger partial charge on any atom is 0.136 e. The van der Waals surface area contributed by atoms with E-state index in [9.17, 15) is 0 Å². The second-order valence-corrected chi connectivity index (χ2v) is 6.22. The lowest BCUT2D eigenvalue weighted by molar-refractivity contribution is 0.669. The fourth-order valence-electron chi connectivity index (χ4n) is 2.60. The molecule has 4 aromatic rings. The standard InChI is InChI=1S/C18H10BrClO/c19-15-2-1-3-16-18(15)14-9-6-12(10-17(14)21-16)11-4-7-13(20)8-5-11/h1-10H. The van der Waals surface area contributed by atoms with E-state index in [2.05, 4.69) is 34.1 Å². The molecule has 0 aliphatic heterocycles. The summed E-state index contributed by atoms with van der Waals surface area (Å²) in [5, 5.41) is 2.98. The van der Waals surface area contributed by atoms with Crippen LogP contribution < -0.4 is 0 Å². The van der Waals surface area contributed by atoms with E-state index in [-0.39, 0.29) is 0 Å². The van der Waals surface area contributed by atoms with Crippen LogP contribution in [0, 0.1) is 0 Å². The first-order chi connectivity index (χ1) is 10.2. The van der Waals surface area contributed by atoms with E-state index in [1.165, 1.54) is 0 Å². The number of hydrogen-bond donors (Lipinski definition) is 0. The number of rotatable bonds is 1. The van der Waals surface area contributed by atoms with E-state index in [0.717, 1.165) is 42.6 Å². The van der Waals surface area contributed by atoms with Crippen LogP contribution in [0.25, 0.3) is 33.1 Å². The number of benzene rings is 3. The Balaban J connectivity index is 1.96. The molecule has 0 bridgehead atoms. The molecule has 0 amide bonds. The van der Waals surface area contributed by atoms with E-state index in [0.29, 0.717) is 0 Å². The lowest BCUT2D eigenvalue weighted by Gasteiger charge is -2.01. The predicted molar refractivity (Wildman–Crippen MR) is 91.9 cm³/mol. The monoisotopic (exact) mass is 356 g/mol. The van der Waals surface area contributed by atoms with Gasteiger partial charge < -0.3 is 4.42 Å². The Labute approximate surface area is 135 Å². The zero-order valence-electron chi connectivity index (χ0n) is 10.9. The van der Waals surface area contributed by atoms with Crippen LogP contribution in [-0.2, 0) is 0 Å². The first-order valence-electron chi connectivity index (χ1n) is 6.59. The molecule has 1 aromatic heterocycles. The van der Waals surface area contributed by atoms with Gasteiger partial charge in [0, 0.05) is 20.3 Å². The molecule has 0 saturated carbocycles. The number of fused-ring (bicyclic) bond motifs is 3. The number of hydrogen-bond acceptors (Lipinski definition) is 1. The van der Waals surface area contributed by atoms with Crippen LogP contribution in [0.1, 0.15) is 0 Å². The van der Waals surface area contributed by atoms with Gasteiger partial charge >= 0.3 is 0 Å². The van der Waals surface area contributed by atoms with Crippen molar-refractivity contribution in [2.24, 2.45) is 0 Å². The minimum absolute atomic E-state index is 0.743. The Hall–Kier alpha value is -1.77. The molecule has 0 spiro atoms. The van der Waals surface area contributed by atoms with Crippen LogP contribution in [0.15, 0.2) is 69.6 Å². The summed E-state index contributed by atoms with van der Waals surface area (Å²) < 4.78 is 7.02. The van der Waals surface area contributed by atoms with Crippen molar-refractivity contribution < 1.29 is 4.42 Å². The van der Waals surface area contributed by atoms with Gasteiger partial charge in [-0.2, -0.15) is 0 Å². The Kier molecular flexibility index (Phi) is 3.02. The summed E-state index contributed by atoms with van der Waals surface area (Å²) in [5.74, 6) is 0. The molecule has 0 atom stereocenters. The molecule has 0 unspecified atom stereocenters.